The zero-order valence-electron chi connectivity index (χ0n) is 12.0. The fourth-order valence-corrected chi connectivity index (χ4v) is 2.66. The van der Waals surface area contributed by atoms with Crippen molar-refractivity contribution in [1.82, 2.24) is 4.90 Å². The first-order chi connectivity index (χ1) is 9.90. The van der Waals surface area contributed by atoms with E-state index in [1.54, 1.807) is 18.2 Å². The van der Waals surface area contributed by atoms with Gasteiger partial charge >= 0.3 is 5.97 Å². The molecule has 1 heterocycles. The molecule has 2 atom stereocenters. The number of amides is 1. The molecule has 0 aromatic heterocycles. The lowest BCUT2D eigenvalue weighted by atomic mass is 10.0. The minimum Gasteiger partial charge on any atom is -0.484 e. The highest BCUT2D eigenvalue weighted by atomic mass is 35.5. The molecule has 5 nitrogen and oxygen atoms in total. The van der Waals surface area contributed by atoms with Crippen LogP contribution in [0.3, 0.4) is 0 Å². The van der Waals surface area contributed by atoms with Crippen LogP contribution >= 0.6 is 11.6 Å². The molecule has 1 saturated heterocycles. The summed E-state index contributed by atoms with van der Waals surface area (Å²) >= 11 is 5.92. The predicted octanol–water partition coefficient (Wildman–Crippen LogP) is 2.35. The van der Waals surface area contributed by atoms with Crippen molar-refractivity contribution in [3.05, 3.63) is 28.8 Å². The number of aryl methyl sites for hydroxylation is 1. The lowest BCUT2D eigenvalue weighted by Gasteiger charge is -2.23. The molecular weight excluding hydrogens is 294 g/mol. The lowest BCUT2D eigenvalue weighted by Crippen LogP contribution is -2.44. The Kier molecular flexibility index (Phi) is 4.73. The fourth-order valence-electron chi connectivity index (χ4n) is 2.54. The molecule has 0 aliphatic carbocycles. The third kappa shape index (κ3) is 3.47. The van der Waals surface area contributed by atoms with Crippen molar-refractivity contribution >= 4 is 23.5 Å². The van der Waals surface area contributed by atoms with Crippen LogP contribution < -0.4 is 4.74 Å². The molecule has 21 heavy (non-hydrogen) atoms. The predicted molar refractivity (Wildman–Crippen MR) is 78.6 cm³/mol. The molecule has 1 amide bonds. The summed E-state index contributed by atoms with van der Waals surface area (Å²) in [6.07, 6.45) is 0.697. The van der Waals surface area contributed by atoms with Crippen LogP contribution in [-0.4, -0.2) is 41.1 Å². The first kappa shape index (κ1) is 15.6. The van der Waals surface area contributed by atoms with Crippen LogP contribution in [0, 0.1) is 12.8 Å². The van der Waals surface area contributed by atoms with Crippen LogP contribution in [0.4, 0.5) is 0 Å². The minimum absolute atomic E-state index is 0.0378. The summed E-state index contributed by atoms with van der Waals surface area (Å²) in [5, 5.41) is 9.84. The third-order valence-corrected chi connectivity index (χ3v) is 4.19. The summed E-state index contributed by atoms with van der Waals surface area (Å²) in [6, 6.07) is 4.38. The van der Waals surface area contributed by atoms with E-state index in [4.69, 9.17) is 16.3 Å². The number of carboxylic acid groups (broad SMARTS) is 1. The van der Waals surface area contributed by atoms with Crippen molar-refractivity contribution in [3.63, 3.8) is 0 Å². The Labute approximate surface area is 128 Å². The molecule has 0 radical (unpaired) electrons. The van der Waals surface area contributed by atoms with Gasteiger partial charge in [-0.2, -0.15) is 0 Å². The van der Waals surface area contributed by atoms with Crippen LogP contribution in [0.25, 0.3) is 0 Å². The lowest BCUT2D eigenvalue weighted by molar-refractivity contribution is -0.150. The maximum atomic E-state index is 12.1. The molecule has 0 bridgehead atoms. The molecule has 0 saturated carbocycles. The van der Waals surface area contributed by atoms with Crippen LogP contribution in [0.15, 0.2) is 18.2 Å². The van der Waals surface area contributed by atoms with Gasteiger partial charge in [0.05, 0.1) is 0 Å². The van der Waals surface area contributed by atoms with E-state index in [1.807, 2.05) is 13.8 Å². The van der Waals surface area contributed by atoms with Crippen molar-refractivity contribution in [2.24, 2.45) is 5.92 Å². The number of nitrogens with zero attached hydrogens (tertiary/aromatic N) is 1. The average molecular weight is 312 g/mol. The van der Waals surface area contributed by atoms with E-state index in [1.165, 1.54) is 4.90 Å². The van der Waals surface area contributed by atoms with Crippen LogP contribution in [0.1, 0.15) is 18.9 Å². The van der Waals surface area contributed by atoms with Gasteiger partial charge in [-0.3, -0.25) is 4.79 Å². The summed E-state index contributed by atoms with van der Waals surface area (Å²) in [7, 11) is 0. The van der Waals surface area contributed by atoms with Gasteiger partial charge in [-0.05, 0) is 43.0 Å². The number of carbonyl (C=O) groups excluding carboxylic acids is 1. The molecule has 1 aliphatic rings. The number of likely N-dealkylation sites (tertiary alicyclic amines) is 1. The van der Waals surface area contributed by atoms with Crippen molar-refractivity contribution in [1.29, 1.82) is 0 Å². The molecule has 2 unspecified atom stereocenters. The first-order valence-electron chi connectivity index (χ1n) is 6.81. The Balaban J connectivity index is 1.98. The SMILES string of the molecule is Cc1cc(OCC(=O)N2CCC(C)C2C(=O)O)ccc1Cl. The van der Waals surface area contributed by atoms with Crippen molar-refractivity contribution < 1.29 is 19.4 Å². The molecule has 1 aromatic carbocycles. The van der Waals surface area contributed by atoms with Crippen LogP contribution in [-0.2, 0) is 9.59 Å². The number of ether oxygens (including phenoxy) is 1. The average Bonchev–Trinajstić information content (AvgIpc) is 2.82. The number of hydrogen-bond donors (Lipinski definition) is 1. The number of rotatable bonds is 4. The third-order valence-electron chi connectivity index (χ3n) is 3.77. The molecular formula is C15H18ClNO4. The smallest absolute Gasteiger partial charge is 0.326 e. The summed E-state index contributed by atoms with van der Waals surface area (Å²) < 4.78 is 5.44. The zero-order chi connectivity index (χ0) is 15.6. The summed E-state index contributed by atoms with van der Waals surface area (Å²) in [4.78, 5) is 24.8. The maximum absolute atomic E-state index is 12.1. The quantitative estimate of drug-likeness (QED) is 0.927. The van der Waals surface area contributed by atoms with E-state index in [0.29, 0.717) is 23.7 Å². The highest BCUT2D eigenvalue weighted by molar-refractivity contribution is 6.31. The highest BCUT2D eigenvalue weighted by Crippen LogP contribution is 2.25. The Morgan fingerprint density at radius 3 is 2.81 bits per heavy atom. The largest absolute Gasteiger partial charge is 0.484 e. The van der Waals surface area contributed by atoms with Gasteiger partial charge in [0, 0.05) is 11.6 Å². The Morgan fingerprint density at radius 2 is 2.19 bits per heavy atom. The van der Waals surface area contributed by atoms with Crippen molar-refractivity contribution in [2.75, 3.05) is 13.2 Å². The van der Waals surface area contributed by atoms with Gasteiger partial charge in [0.1, 0.15) is 11.8 Å². The fraction of sp³-hybridized carbons (Fsp3) is 0.467. The van der Waals surface area contributed by atoms with E-state index in [2.05, 4.69) is 0 Å². The first-order valence-corrected chi connectivity index (χ1v) is 7.19. The molecule has 0 spiro atoms. The van der Waals surface area contributed by atoms with Gasteiger partial charge in [-0.15, -0.1) is 0 Å². The summed E-state index contributed by atoms with van der Waals surface area (Å²) in [6.45, 7) is 3.98. The number of benzene rings is 1. The minimum atomic E-state index is -0.962. The Morgan fingerprint density at radius 1 is 1.48 bits per heavy atom. The maximum Gasteiger partial charge on any atom is 0.326 e. The second-order valence-corrected chi connectivity index (χ2v) is 5.74. The zero-order valence-corrected chi connectivity index (χ0v) is 12.8. The van der Waals surface area contributed by atoms with Gasteiger partial charge < -0.3 is 14.7 Å². The van der Waals surface area contributed by atoms with E-state index < -0.39 is 12.0 Å². The summed E-state index contributed by atoms with van der Waals surface area (Å²) in [5.41, 5.74) is 0.861. The van der Waals surface area contributed by atoms with Gasteiger partial charge in [0.2, 0.25) is 0 Å². The van der Waals surface area contributed by atoms with Crippen LogP contribution in [0.5, 0.6) is 5.75 Å². The molecule has 6 heteroatoms. The molecule has 2 rings (SSSR count). The van der Waals surface area contributed by atoms with Crippen molar-refractivity contribution in [3.8, 4) is 5.75 Å². The topological polar surface area (TPSA) is 66.8 Å². The number of halogens is 1. The second-order valence-electron chi connectivity index (χ2n) is 5.34. The van der Waals surface area contributed by atoms with E-state index in [0.717, 1.165) is 5.56 Å². The number of carbonyl (C=O) groups is 2. The van der Waals surface area contributed by atoms with E-state index >= 15 is 0 Å². The Bertz CT molecular complexity index is 561. The van der Waals surface area contributed by atoms with Crippen LogP contribution in [0.2, 0.25) is 5.02 Å². The van der Waals surface area contributed by atoms with Gasteiger partial charge in [0.15, 0.2) is 6.61 Å². The van der Waals surface area contributed by atoms with Gasteiger partial charge in [0.25, 0.3) is 5.91 Å². The normalized spacial score (nSPS) is 21.4. The second kappa shape index (κ2) is 6.35. The monoisotopic (exact) mass is 311 g/mol. The number of hydrogen-bond acceptors (Lipinski definition) is 3. The van der Waals surface area contributed by atoms with Gasteiger partial charge in [-0.25, -0.2) is 4.79 Å². The molecule has 1 N–H and O–H groups in total. The van der Waals surface area contributed by atoms with Crippen molar-refractivity contribution in [2.45, 2.75) is 26.3 Å². The van der Waals surface area contributed by atoms with E-state index in [9.17, 15) is 14.7 Å². The van der Waals surface area contributed by atoms with E-state index in [-0.39, 0.29) is 18.4 Å². The molecule has 1 fully saturated rings. The summed E-state index contributed by atoms with van der Waals surface area (Å²) in [5.74, 6) is -0.761. The van der Waals surface area contributed by atoms with Gasteiger partial charge in [-0.1, -0.05) is 18.5 Å². The number of aliphatic carboxylic acids is 1. The molecule has 114 valence electrons. The molecule has 1 aromatic rings. The number of carboxylic acids is 1. The highest BCUT2D eigenvalue weighted by Gasteiger charge is 2.39. The standard InChI is InChI=1S/C15H18ClNO4/c1-9-5-6-17(14(9)15(19)20)13(18)8-21-11-3-4-12(16)10(2)7-11/h3-4,7,9,14H,5-6,8H2,1-2H3,(H,19,20). The molecule has 1 aliphatic heterocycles. The Hall–Kier alpha value is -1.75.